The molecule has 0 bridgehead atoms. The summed E-state index contributed by atoms with van der Waals surface area (Å²) in [7, 11) is 1.59. The number of methoxy groups -OCH3 is 1. The van der Waals surface area contributed by atoms with E-state index in [1.165, 1.54) is 25.7 Å². The van der Waals surface area contributed by atoms with Crippen LogP contribution < -0.4 is 14.5 Å². The van der Waals surface area contributed by atoms with Gasteiger partial charge in [0.05, 0.1) is 13.2 Å². The average Bonchev–Trinajstić information content (AvgIpc) is 2.91. The van der Waals surface area contributed by atoms with Crippen molar-refractivity contribution in [1.29, 1.82) is 0 Å². The van der Waals surface area contributed by atoms with Gasteiger partial charge in [0.25, 0.3) is 0 Å². The summed E-state index contributed by atoms with van der Waals surface area (Å²) in [5, 5.41) is 9.79. The molecule has 7 heteroatoms. The molecule has 128 valence electrons. The van der Waals surface area contributed by atoms with Gasteiger partial charge in [-0.3, -0.25) is 0 Å². The molecule has 0 aliphatic carbocycles. The fourth-order valence-electron chi connectivity index (χ4n) is 3.34. The number of nitrogens with zero attached hydrogens (tertiary/aromatic N) is 5. The largest absolute Gasteiger partial charge is 0.467 e. The van der Waals surface area contributed by atoms with Crippen molar-refractivity contribution in [2.24, 2.45) is 5.92 Å². The van der Waals surface area contributed by atoms with Crippen LogP contribution in [-0.2, 0) is 0 Å². The molecular weight excluding hydrogens is 294 g/mol. The summed E-state index contributed by atoms with van der Waals surface area (Å²) < 4.78 is 5.29. The Morgan fingerprint density at radius 2 is 1.65 bits per heavy atom. The highest BCUT2D eigenvalue weighted by atomic mass is 16.5. The first-order valence-electron chi connectivity index (χ1n) is 8.65. The van der Waals surface area contributed by atoms with Gasteiger partial charge in [-0.1, -0.05) is 12.8 Å². The number of hydrogen-bond donors (Lipinski definition) is 1. The SMILES string of the molecule is COc1nc(N2CCCCCC2)nc(N2CC[C@H]([C@H](C)O)C2)n1. The average molecular weight is 321 g/mol. The fraction of sp³-hybridized carbons (Fsp3) is 0.812. The molecule has 0 radical (unpaired) electrons. The zero-order chi connectivity index (χ0) is 16.2. The molecule has 7 nitrogen and oxygen atoms in total. The number of aliphatic hydroxyl groups excluding tert-OH is 1. The van der Waals surface area contributed by atoms with E-state index in [0.29, 0.717) is 17.9 Å². The maximum atomic E-state index is 9.79. The van der Waals surface area contributed by atoms with Gasteiger partial charge in [0.2, 0.25) is 11.9 Å². The van der Waals surface area contributed by atoms with Crippen molar-refractivity contribution in [3.63, 3.8) is 0 Å². The minimum absolute atomic E-state index is 0.277. The van der Waals surface area contributed by atoms with Crippen LogP contribution in [0, 0.1) is 5.92 Å². The van der Waals surface area contributed by atoms with Crippen LogP contribution in [0.2, 0.25) is 0 Å². The van der Waals surface area contributed by atoms with E-state index in [1.54, 1.807) is 7.11 Å². The van der Waals surface area contributed by atoms with Crippen molar-refractivity contribution in [2.75, 3.05) is 43.1 Å². The first-order valence-corrected chi connectivity index (χ1v) is 8.65. The number of anilines is 2. The maximum absolute atomic E-state index is 9.79. The van der Waals surface area contributed by atoms with E-state index in [-0.39, 0.29) is 12.0 Å². The standard InChI is InChI=1S/C16H27N5O2/c1-12(22)13-7-10-21(11-13)15-17-14(18-16(19-15)23-2)20-8-5-3-4-6-9-20/h12-13,22H,3-11H2,1-2H3/t12-,13-/m0/s1. The van der Waals surface area contributed by atoms with E-state index >= 15 is 0 Å². The van der Waals surface area contributed by atoms with Crippen LogP contribution >= 0.6 is 0 Å². The van der Waals surface area contributed by atoms with Gasteiger partial charge in [-0.15, -0.1) is 0 Å². The number of aliphatic hydroxyl groups is 1. The van der Waals surface area contributed by atoms with Crippen LogP contribution in [0.5, 0.6) is 6.01 Å². The van der Waals surface area contributed by atoms with Crippen LogP contribution in [-0.4, -0.2) is 59.5 Å². The molecule has 2 aliphatic rings. The van der Waals surface area contributed by atoms with Gasteiger partial charge in [0.15, 0.2) is 0 Å². The Labute approximate surface area is 137 Å². The topological polar surface area (TPSA) is 74.6 Å². The molecule has 0 saturated carbocycles. The third-order valence-corrected chi connectivity index (χ3v) is 4.85. The van der Waals surface area contributed by atoms with E-state index < -0.39 is 0 Å². The van der Waals surface area contributed by atoms with Gasteiger partial charge >= 0.3 is 6.01 Å². The highest BCUT2D eigenvalue weighted by Gasteiger charge is 2.29. The molecular formula is C16H27N5O2. The lowest BCUT2D eigenvalue weighted by Gasteiger charge is -2.23. The number of hydrogen-bond acceptors (Lipinski definition) is 7. The van der Waals surface area contributed by atoms with Crippen molar-refractivity contribution in [2.45, 2.75) is 45.1 Å². The predicted molar refractivity (Wildman–Crippen MR) is 89.1 cm³/mol. The lowest BCUT2D eigenvalue weighted by molar-refractivity contribution is 0.136. The van der Waals surface area contributed by atoms with Gasteiger partial charge in [0, 0.05) is 32.1 Å². The fourth-order valence-corrected chi connectivity index (χ4v) is 3.34. The van der Waals surface area contributed by atoms with E-state index in [0.717, 1.165) is 32.6 Å². The highest BCUT2D eigenvalue weighted by molar-refractivity contribution is 5.41. The monoisotopic (exact) mass is 321 g/mol. The molecule has 1 aromatic heterocycles. The second kappa shape index (κ2) is 7.29. The van der Waals surface area contributed by atoms with Gasteiger partial charge in [0.1, 0.15) is 0 Å². The molecule has 2 atom stereocenters. The van der Waals surface area contributed by atoms with Gasteiger partial charge < -0.3 is 19.6 Å². The molecule has 0 unspecified atom stereocenters. The minimum atomic E-state index is -0.297. The van der Waals surface area contributed by atoms with Crippen LogP contribution in [0.3, 0.4) is 0 Å². The van der Waals surface area contributed by atoms with Gasteiger partial charge in [-0.25, -0.2) is 0 Å². The molecule has 3 heterocycles. The van der Waals surface area contributed by atoms with E-state index in [2.05, 4.69) is 19.8 Å². The van der Waals surface area contributed by atoms with Crippen LogP contribution in [0.25, 0.3) is 0 Å². The van der Waals surface area contributed by atoms with Crippen LogP contribution in [0.1, 0.15) is 39.0 Å². The highest BCUT2D eigenvalue weighted by Crippen LogP contribution is 2.26. The van der Waals surface area contributed by atoms with E-state index in [4.69, 9.17) is 9.72 Å². The van der Waals surface area contributed by atoms with Crippen molar-refractivity contribution >= 4 is 11.9 Å². The molecule has 3 rings (SSSR count). The lowest BCUT2D eigenvalue weighted by Crippen LogP contribution is -2.29. The second-order valence-electron chi connectivity index (χ2n) is 6.56. The van der Waals surface area contributed by atoms with E-state index in [1.807, 2.05) is 6.92 Å². The summed E-state index contributed by atoms with van der Waals surface area (Å²) >= 11 is 0. The maximum Gasteiger partial charge on any atom is 0.322 e. The van der Waals surface area contributed by atoms with Crippen molar-refractivity contribution in [3.05, 3.63) is 0 Å². The smallest absolute Gasteiger partial charge is 0.322 e. The second-order valence-corrected chi connectivity index (χ2v) is 6.56. The number of ether oxygens (including phenoxy) is 1. The van der Waals surface area contributed by atoms with E-state index in [9.17, 15) is 5.11 Å². The normalized spacial score (nSPS) is 23.7. The molecule has 2 aliphatic heterocycles. The Hall–Kier alpha value is -1.63. The Kier molecular flexibility index (Phi) is 5.15. The quantitative estimate of drug-likeness (QED) is 0.900. The third kappa shape index (κ3) is 3.83. The zero-order valence-electron chi connectivity index (χ0n) is 14.1. The molecule has 1 N–H and O–H groups in total. The van der Waals surface area contributed by atoms with Gasteiger partial charge in [-0.05, 0) is 26.2 Å². The Bertz CT molecular complexity index is 517. The summed E-state index contributed by atoms with van der Waals surface area (Å²) in [6, 6.07) is 0.370. The Balaban J connectivity index is 1.81. The van der Waals surface area contributed by atoms with Crippen molar-refractivity contribution < 1.29 is 9.84 Å². The summed E-state index contributed by atoms with van der Waals surface area (Å²) in [4.78, 5) is 17.9. The van der Waals surface area contributed by atoms with Crippen molar-refractivity contribution in [3.8, 4) is 6.01 Å². The van der Waals surface area contributed by atoms with Crippen LogP contribution in [0.15, 0.2) is 0 Å². The number of rotatable bonds is 4. The molecule has 0 aromatic carbocycles. The van der Waals surface area contributed by atoms with Crippen molar-refractivity contribution in [1.82, 2.24) is 15.0 Å². The zero-order valence-corrected chi connectivity index (χ0v) is 14.1. The Morgan fingerprint density at radius 1 is 1.00 bits per heavy atom. The molecule has 2 fully saturated rings. The summed E-state index contributed by atoms with van der Waals surface area (Å²) in [5.41, 5.74) is 0. The Morgan fingerprint density at radius 3 is 2.22 bits per heavy atom. The number of aromatic nitrogens is 3. The molecule has 2 saturated heterocycles. The summed E-state index contributed by atoms with van der Waals surface area (Å²) in [6.45, 7) is 5.48. The minimum Gasteiger partial charge on any atom is -0.467 e. The lowest BCUT2D eigenvalue weighted by atomic mass is 10.0. The summed E-state index contributed by atoms with van der Waals surface area (Å²) in [6.07, 6.45) is 5.56. The molecule has 0 amide bonds. The molecule has 0 spiro atoms. The third-order valence-electron chi connectivity index (χ3n) is 4.85. The molecule has 1 aromatic rings. The summed E-state index contributed by atoms with van der Waals surface area (Å²) in [5.74, 6) is 1.66. The first kappa shape index (κ1) is 16.2. The molecule has 23 heavy (non-hydrogen) atoms. The predicted octanol–water partition coefficient (Wildman–Crippen LogP) is 1.47. The van der Waals surface area contributed by atoms with Gasteiger partial charge in [-0.2, -0.15) is 15.0 Å². The van der Waals surface area contributed by atoms with Crippen LogP contribution in [0.4, 0.5) is 11.9 Å². The first-order chi connectivity index (χ1) is 11.2.